The molecule has 0 radical (unpaired) electrons. The average Bonchev–Trinajstić information content (AvgIpc) is 3.88. The topological polar surface area (TPSA) is 3.24 Å². The average molecular weight is 850 g/mol. The first kappa shape index (κ1) is 36.6. The van der Waals surface area contributed by atoms with Crippen molar-refractivity contribution < 1.29 is 0 Å². The van der Waals surface area contributed by atoms with E-state index in [1.54, 1.807) is 11.1 Å². The second-order valence-corrected chi connectivity index (χ2v) is 21.1. The molecule has 310 valence electrons. The standard InChI is InChI=1S/C63H47NS/c1-2-14-48-42(12-1)13-11-22-59(48)64(46-27-24-41(25-28-46)43-26-30-52-51-17-5-10-23-60(51)65-61(52)37-43)47-29-31-57-58(38-47)63(53-18-6-3-15-49(53)50-16-4-7-19-54(50)63)56-21-9-8-20-55(56)62(57)44-33-39-32-40(35-44)36-45(62)34-39/h1-31,37-40,44-45H,32-36H2. The lowest BCUT2D eigenvalue weighted by Crippen LogP contribution is -2.59. The predicted octanol–water partition coefficient (Wildman–Crippen LogP) is 16.8. The number of benzene rings is 9. The Labute approximate surface area is 384 Å². The fraction of sp³-hybridized carbons (Fsp3) is 0.175. The van der Waals surface area contributed by atoms with Gasteiger partial charge in [-0.2, -0.15) is 0 Å². The zero-order valence-electron chi connectivity index (χ0n) is 36.3. The maximum atomic E-state index is 2.67. The summed E-state index contributed by atoms with van der Waals surface area (Å²) in [5.41, 5.74) is 17.4. The van der Waals surface area contributed by atoms with Gasteiger partial charge in [0.05, 0.1) is 11.1 Å². The molecule has 0 amide bonds. The molecule has 0 N–H and O–H groups in total. The van der Waals surface area contributed by atoms with Gasteiger partial charge >= 0.3 is 0 Å². The van der Waals surface area contributed by atoms with Crippen molar-refractivity contribution in [3.05, 3.63) is 234 Å². The monoisotopic (exact) mass is 849 g/mol. The predicted molar refractivity (Wildman–Crippen MR) is 272 cm³/mol. The number of thiophene rings is 1. The Kier molecular flexibility index (Phi) is 7.55. The minimum Gasteiger partial charge on any atom is -0.310 e. The summed E-state index contributed by atoms with van der Waals surface area (Å²) in [5.74, 6) is 3.06. The largest absolute Gasteiger partial charge is 0.310 e. The summed E-state index contributed by atoms with van der Waals surface area (Å²) < 4.78 is 2.68. The molecule has 4 fully saturated rings. The van der Waals surface area contributed by atoms with E-state index in [1.807, 2.05) is 11.3 Å². The van der Waals surface area contributed by atoms with Crippen LogP contribution >= 0.6 is 11.3 Å². The minimum absolute atomic E-state index is 0.00294. The van der Waals surface area contributed by atoms with E-state index in [-0.39, 0.29) is 5.41 Å². The minimum atomic E-state index is -0.450. The van der Waals surface area contributed by atoms with Crippen LogP contribution < -0.4 is 4.90 Å². The van der Waals surface area contributed by atoms with Crippen LogP contribution in [0.25, 0.3) is 53.2 Å². The van der Waals surface area contributed by atoms with Crippen molar-refractivity contribution in [2.75, 3.05) is 4.90 Å². The van der Waals surface area contributed by atoms with Gasteiger partial charge in [-0.25, -0.2) is 0 Å². The first-order valence-electron chi connectivity index (χ1n) is 23.9. The number of nitrogens with zero attached hydrogens (tertiary/aromatic N) is 1. The van der Waals surface area contributed by atoms with Gasteiger partial charge in [0.15, 0.2) is 0 Å². The highest BCUT2D eigenvalue weighted by Crippen LogP contribution is 2.71. The molecule has 0 saturated heterocycles. The Bertz CT molecular complexity index is 3510. The molecule has 0 unspecified atom stereocenters. The molecule has 4 saturated carbocycles. The molecule has 10 aromatic rings. The fourth-order valence-electron chi connectivity index (χ4n) is 15.0. The van der Waals surface area contributed by atoms with E-state index in [0.717, 1.165) is 17.5 Å². The normalized spacial score (nSPS) is 22.6. The Balaban J connectivity index is 0.983. The maximum absolute atomic E-state index is 2.67. The molecule has 1 nitrogen and oxygen atoms in total. The van der Waals surface area contributed by atoms with Gasteiger partial charge in [0.1, 0.15) is 0 Å². The lowest BCUT2D eigenvalue weighted by molar-refractivity contribution is -0.0440. The molecule has 1 aromatic heterocycles. The number of rotatable bonds is 4. The van der Waals surface area contributed by atoms with E-state index in [2.05, 4.69) is 205 Å². The van der Waals surface area contributed by atoms with E-state index in [1.165, 1.54) is 119 Å². The molecule has 6 aliphatic rings. The SMILES string of the molecule is c1ccc2c(c1)-c1ccccc1C21c2ccccc2C2(c3ccc(N(c4ccc(-c5ccc6c(c5)sc5ccccc56)cc4)c4cccc5ccccc45)cc31)C1CC3CC(C1)CC2C3. The van der Waals surface area contributed by atoms with E-state index in [4.69, 9.17) is 0 Å². The van der Waals surface area contributed by atoms with Crippen LogP contribution in [0.2, 0.25) is 0 Å². The Hall–Kier alpha value is -6.74. The van der Waals surface area contributed by atoms with Crippen LogP contribution in [0.1, 0.15) is 65.5 Å². The molecule has 0 atom stereocenters. The Morgan fingerprint density at radius 2 is 0.954 bits per heavy atom. The third-order valence-electron chi connectivity index (χ3n) is 17.1. The summed E-state index contributed by atoms with van der Waals surface area (Å²) in [6.45, 7) is 0. The van der Waals surface area contributed by atoms with Gasteiger partial charge in [-0.05, 0) is 159 Å². The molecule has 0 aliphatic heterocycles. The van der Waals surface area contributed by atoms with Gasteiger partial charge in [-0.1, -0.05) is 158 Å². The molecule has 1 heterocycles. The van der Waals surface area contributed by atoms with Gasteiger partial charge in [-0.15, -0.1) is 11.3 Å². The third kappa shape index (κ3) is 4.83. The zero-order valence-corrected chi connectivity index (χ0v) is 37.1. The van der Waals surface area contributed by atoms with E-state index < -0.39 is 5.41 Å². The molecule has 6 aliphatic carbocycles. The number of hydrogen-bond acceptors (Lipinski definition) is 2. The fourth-order valence-corrected chi connectivity index (χ4v) is 16.1. The first-order valence-corrected chi connectivity index (χ1v) is 24.7. The lowest BCUT2D eigenvalue weighted by atomic mass is 9.38. The van der Waals surface area contributed by atoms with Crippen LogP contribution in [-0.4, -0.2) is 0 Å². The van der Waals surface area contributed by atoms with Crippen molar-refractivity contribution in [1.29, 1.82) is 0 Å². The van der Waals surface area contributed by atoms with E-state index in [0.29, 0.717) is 11.8 Å². The Morgan fingerprint density at radius 3 is 1.71 bits per heavy atom. The third-order valence-corrected chi connectivity index (χ3v) is 18.2. The molecule has 2 heteroatoms. The van der Waals surface area contributed by atoms with Crippen LogP contribution in [0.3, 0.4) is 0 Å². The lowest BCUT2D eigenvalue weighted by Gasteiger charge is -2.65. The second kappa shape index (κ2) is 13.4. The summed E-state index contributed by atoms with van der Waals surface area (Å²) in [6.07, 6.45) is 6.86. The number of fused-ring (bicyclic) bond motifs is 13. The highest BCUT2D eigenvalue weighted by atomic mass is 32.1. The Morgan fingerprint density at radius 1 is 0.385 bits per heavy atom. The van der Waals surface area contributed by atoms with E-state index in [9.17, 15) is 0 Å². The molecule has 4 bridgehead atoms. The van der Waals surface area contributed by atoms with Gasteiger partial charge in [0, 0.05) is 42.3 Å². The van der Waals surface area contributed by atoms with Crippen molar-refractivity contribution in [2.45, 2.75) is 42.9 Å². The summed E-state index contributed by atoms with van der Waals surface area (Å²) >= 11 is 1.89. The summed E-state index contributed by atoms with van der Waals surface area (Å²) in [5, 5.41) is 5.18. The maximum Gasteiger partial charge on any atom is 0.0720 e. The van der Waals surface area contributed by atoms with Crippen LogP contribution in [0.4, 0.5) is 17.1 Å². The molecule has 16 rings (SSSR count). The molecule has 9 aromatic carbocycles. The van der Waals surface area contributed by atoms with Gasteiger partial charge in [0.2, 0.25) is 0 Å². The van der Waals surface area contributed by atoms with Crippen molar-refractivity contribution in [3.63, 3.8) is 0 Å². The van der Waals surface area contributed by atoms with Crippen molar-refractivity contribution in [2.24, 2.45) is 23.7 Å². The molecular formula is C63H47NS. The first-order chi connectivity index (χ1) is 32.2. The van der Waals surface area contributed by atoms with Gasteiger partial charge in [-0.3, -0.25) is 0 Å². The van der Waals surface area contributed by atoms with Crippen LogP contribution in [0.5, 0.6) is 0 Å². The smallest absolute Gasteiger partial charge is 0.0720 e. The van der Waals surface area contributed by atoms with E-state index >= 15 is 0 Å². The highest BCUT2D eigenvalue weighted by molar-refractivity contribution is 7.25. The van der Waals surface area contributed by atoms with Crippen molar-refractivity contribution in [1.82, 2.24) is 0 Å². The van der Waals surface area contributed by atoms with Crippen molar-refractivity contribution >= 4 is 59.3 Å². The van der Waals surface area contributed by atoms with Crippen LogP contribution in [-0.2, 0) is 10.8 Å². The van der Waals surface area contributed by atoms with Crippen LogP contribution in [0, 0.1) is 23.7 Å². The molecular weight excluding hydrogens is 803 g/mol. The van der Waals surface area contributed by atoms with Crippen LogP contribution in [0.15, 0.2) is 200 Å². The van der Waals surface area contributed by atoms with Gasteiger partial charge in [0.25, 0.3) is 0 Å². The summed E-state index contributed by atoms with van der Waals surface area (Å²) in [4.78, 5) is 2.56. The molecule has 65 heavy (non-hydrogen) atoms. The number of hydrogen-bond donors (Lipinski definition) is 0. The summed E-state index contributed by atoms with van der Waals surface area (Å²) in [6, 6.07) is 77.3. The number of anilines is 3. The second-order valence-electron chi connectivity index (χ2n) is 20.0. The summed E-state index contributed by atoms with van der Waals surface area (Å²) in [7, 11) is 0. The highest BCUT2D eigenvalue weighted by Gasteiger charge is 2.64. The van der Waals surface area contributed by atoms with Gasteiger partial charge < -0.3 is 4.90 Å². The quantitative estimate of drug-likeness (QED) is 0.171. The van der Waals surface area contributed by atoms with Crippen molar-refractivity contribution in [3.8, 4) is 22.3 Å². The molecule has 2 spiro atoms. The zero-order chi connectivity index (χ0) is 42.4.